The van der Waals surface area contributed by atoms with Gasteiger partial charge < -0.3 is 20.5 Å². The van der Waals surface area contributed by atoms with E-state index in [1.807, 2.05) is 19.2 Å². The Morgan fingerprint density at radius 3 is 2.47 bits per heavy atom. The van der Waals surface area contributed by atoms with E-state index >= 15 is 0 Å². The highest BCUT2D eigenvalue weighted by molar-refractivity contribution is 5.47. The minimum Gasteiger partial charge on any atom is -0.497 e. The van der Waals surface area contributed by atoms with Gasteiger partial charge in [0.1, 0.15) is 11.5 Å². The number of methoxy groups -OCH3 is 2. The SMILES string of the molecule is CNC(CCN)c1c(C)cc(OC)cc1OC. The summed E-state index contributed by atoms with van der Waals surface area (Å²) in [4.78, 5) is 0. The maximum atomic E-state index is 5.63. The van der Waals surface area contributed by atoms with Crippen LogP contribution in [0, 0.1) is 6.92 Å². The van der Waals surface area contributed by atoms with Gasteiger partial charge >= 0.3 is 0 Å². The Morgan fingerprint density at radius 2 is 2.00 bits per heavy atom. The number of rotatable bonds is 6. The Bertz CT molecular complexity index is 367. The van der Waals surface area contributed by atoms with E-state index in [0.29, 0.717) is 6.54 Å². The summed E-state index contributed by atoms with van der Waals surface area (Å²) in [6.07, 6.45) is 0.875. The van der Waals surface area contributed by atoms with Gasteiger partial charge in [-0.15, -0.1) is 0 Å². The fourth-order valence-electron chi connectivity index (χ4n) is 2.07. The Morgan fingerprint density at radius 1 is 1.29 bits per heavy atom. The molecule has 17 heavy (non-hydrogen) atoms. The van der Waals surface area contributed by atoms with Crippen LogP contribution in [0.2, 0.25) is 0 Å². The zero-order valence-corrected chi connectivity index (χ0v) is 11.0. The molecule has 1 aromatic carbocycles. The summed E-state index contributed by atoms with van der Waals surface area (Å²) in [5.74, 6) is 1.65. The van der Waals surface area contributed by atoms with Gasteiger partial charge in [-0.1, -0.05) is 0 Å². The van der Waals surface area contributed by atoms with Crippen LogP contribution in [-0.4, -0.2) is 27.8 Å². The van der Waals surface area contributed by atoms with Gasteiger partial charge in [-0.05, 0) is 38.6 Å². The first-order valence-corrected chi connectivity index (χ1v) is 5.77. The zero-order valence-electron chi connectivity index (χ0n) is 11.0. The molecule has 0 aliphatic rings. The third-order valence-corrected chi connectivity index (χ3v) is 2.93. The fraction of sp³-hybridized carbons (Fsp3) is 0.538. The van der Waals surface area contributed by atoms with Crippen LogP contribution >= 0.6 is 0 Å². The number of hydrogen-bond donors (Lipinski definition) is 2. The van der Waals surface area contributed by atoms with Crippen molar-refractivity contribution in [2.24, 2.45) is 5.73 Å². The molecule has 1 atom stereocenters. The van der Waals surface area contributed by atoms with Crippen molar-refractivity contribution in [3.05, 3.63) is 23.3 Å². The molecule has 96 valence electrons. The standard InChI is InChI=1S/C13H22N2O2/c1-9-7-10(16-3)8-12(17-4)13(9)11(15-2)5-6-14/h7-8,11,15H,5-6,14H2,1-4H3. The Labute approximate surface area is 103 Å². The molecule has 0 amide bonds. The third kappa shape index (κ3) is 3.11. The summed E-state index contributed by atoms with van der Waals surface area (Å²) in [7, 11) is 5.26. The number of aryl methyl sites for hydroxylation is 1. The summed E-state index contributed by atoms with van der Waals surface area (Å²) in [5.41, 5.74) is 7.94. The highest BCUT2D eigenvalue weighted by Crippen LogP contribution is 2.34. The van der Waals surface area contributed by atoms with Crippen LogP contribution < -0.4 is 20.5 Å². The molecular weight excluding hydrogens is 216 g/mol. The number of nitrogens with two attached hydrogens (primary N) is 1. The van der Waals surface area contributed by atoms with E-state index in [9.17, 15) is 0 Å². The van der Waals surface area contributed by atoms with Gasteiger partial charge in [0.2, 0.25) is 0 Å². The fourth-order valence-corrected chi connectivity index (χ4v) is 2.07. The minimum absolute atomic E-state index is 0.209. The largest absolute Gasteiger partial charge is 0.497 e. The van der Waals surface area contributed by atoms with Gasteiger partial charge in [0.15, 0.2) is 0 Å². The van der Waals surface area contributed by atoms with Crippen molar-refractivity contribution >= 4 is 0 Å². The van der Waals surface area contributed by atoms with Crippen LogP contribution in [0.3, 0.4) is 0 Å². The second-order valence-corrected chi connectivity index (χ2v) is 3.98. The van der Waals surface area contributed by atoms with Crippen LogP contribution in [0.15, 0.2) is 12.1 Å². The van der Waals surface area contributed by atoms with Gasteiger partial charge in [0, 0.05) is 17.7 Å². The van der Waals surface area contributed by atoms with Gasteiger partial charge in [0.05, 0.1) is 14.2 Å². The second kappa shape index (κ2) is 6.47. The van der Waals surface area contributed by atoms with Crippen molar-refractivity contribution in [3.63, 3.8) is 0 Å². The topological polar surface area (TPSA) is 56.5 Å². The first kappa shape index (κ1) is 13.8. The highest BCUT2D eigenvalue weighted by Gasteiger charge is 2.17. The summed E-state index contributed by atoms with van der Waals surface area (Å²) in [6, 6.07) is 4.13. The molecule has 0 spiro atoms. The molecule has 0 saturated carbocycles. The number of ether oxygens (including phenoxy) is 2. The van der Waals surface area contributed by atoms with E-state index < -0.39 is 0 Å². The van der Waals surface area contributed by atoms with E-state index in [-0.39, 0.29) is 6.04 Å². The molecule has 0 fully saturated rings. The quantitative estimate of drug-likeness (QED) is 0.790. The van der Waals surface area contributed by atoms with Gasteiger partial charge in [-0.2, -0.15) is 0 Å². The van der Waals surface area contributed by atoms with Crippen molar-refractivity contribution < 1.29 is 9.47 Å². The van der Waals surface area contributed by atoms with Crippen LogP contribution in [0.1, 0.15) is 23.6 Å². The summed E-state index contributed by atoms with van der Waals surface area (Å²) in [5, 5.41) is 3.27. The molecule has 1 unspecified atom stereocenters. The van der Waals surface area contributed by atoms with E-state index in [1.165, 1.54) is 0 Å². The van der Waals surface area contributed by atoms with Crippen LogP contribution in [-0.2, 0) is 0 Å². The van der Waals surface area contributed by atoms with E-state index in [2.05, 4.69) is 12.2 Å². The lowest BCUT2D eigenvalue weighted by Gasteiger charge is -2.21. The normalized spacial score (nSPS) is 12.3. The molecule has 0 radical (unpaired) electrons. The van der Waals surface area contributed by atoms with Crippen molar-refractivity contribution in [2.75, 3.05) is 27.8 Å². The monoisotopic (exact) mass is 238 g/mol. The van der Waals surface area contributed by atoms with Crippen molar-refractivity contribution in [1.29, 1.82) is 0 Å². The minimum atomic E-state index is 0.209. The third-order valence-electron chi connectivity index (χ3n) is 2.93. The lowest BCUT2D eigenvalue weighted by Crippen LogP contribution is -2.21. The predicted molar refractivity (Wildman–Crippen MR) is 69.8 cm³/mol. The van der Waals surface area contributed by atoms with Crippen LogP contribution in [0.4, 0.5) is 0 Å². The molecule has 0 aliphatic heterocycles. The molecule has 3 N–H and O–H groups in total. The van der Waals surface area contributed by atoms with Crippen LogP contribution in [0.25, 0.3) is 0 Å². The Balaban J connectivity index is 3.20. The predicted octanol–water partition coefficient (Wildman–Crippen LogP) is 1.62. The second-order valence-electron chi connectivity index (χ2n) is 3.98. The number of nitrogens with one attached hydrogen (secondary N) is 1. The van der Waals surface area contributed by atoms with Crippen molar-refractivity contribution in [2.45, 2.75) is 19.4 Å². The molecule has 0 aliphatic carbocycles. The molecule has 1 rings (SSSR count). The molecule has 0 saturated heterocycles. The molecule has 0 bridgehead atoms. The molecule has 0 aromatic heterocycles. The highest BCUT2D eigenvalue weighted by atomic mass is 16.5. The smallest absolute Gasteiger partial charge is 0.127 e. The Hall–Kier alpha value is -1.26. The van der Waals surface area contributed by atoms with E-state index in [4.69, 9.17) is 15.2 Å². The van der Waals surface area contributed by atoms with E-state index in [1.54, 1.807) is 14.2 Å². The van der Waals surface area contributed by atoms with E-state index in [0.717, 1.165) is 29.0 Å². The molecular formula is C13H22N2O2. The van der Waals surface area contributed by atoms with Crippen molar-refractivity contribution in [3.8, 4) is 11.5 Å². The summed E-state index contributed by atoms with van der Waals surface area (Å²) >= 11 is 0. The summed E-state index contributed by atoms with van der Waals surface area (Å²) in [6.45, 7) is 2.70. The molecule has 0 heterocycles. The first-order chi connectivity index (χ1) is 8.17. The molecule has 4 nitrogen and oxygen atoms in total. The van der Waals surface area contributed by atoms with Crippen molar-refractivity contribution in [1.82, 2.24) is 5.32 Å². The lowest BCUT2D eigenvalue weighted by molar-refractivity contribution is 0.383. The van der Waals surface area contributed by atoms with Gasteiger partial charge in [-0.3, -0.25) is 0 Å². The lowest BCUT2D eigenvalue weighted by atomic mass is 9.97. The maximum absolute atomic E-state index is 5.63. The van der Waals surface area contributed by atoms with Gasteiger partial charge in [-0.25, -0.2) is 0 Å². The zero-order chi connectivity index (χ0) is 12.8. The number of benzene rings is 1. The average Bonchev–Trinajstić information content (AvgIpc) is 2.35. The van der Waals surface area contributed by atoms with Crippen LogP contribution in [0.5, 0.6) is 11.5 Å². The molecule has 1 aromatic rings. The Kier molecular flexibility index (Phi) is 5.25. The average molecular weight is 238 g/mol. The van der Waals surface area contributed by atoms with Gasteiger partial charge in [0.25, 0.3) is 0 Å². The molecule has 4 heteroatoms. The summed E-state index contributed by atoms with van der Waals surface area (Å²) < 4.78 is 10.7. The first-order valence-electron chi connectivity index (χ1n) is 5.77. The number of hydrogen-bond acceptors (Lipinski definition) is 4. The maximum Gasteiger partial charge on any atom is 0.127 e.